The largest absolute Gasteiger partial charge is 0.459 e. The number of benzene rings is 2. The first-order valence-corrected chi connectivity index (χ1v) is 9.91. The lowest BCUT2D eigenvalue weighted by atomic mass is 10.2. The van der Waals surface area contributed by atoms with Gasteiger partial charge in [-0.2, -0.15) is 4.98 Å². The third kappa shape index (κ3) is 5.34. The number of furan rings is 1. The maximum absolute atomic E-state index is 6.08. The molecule has 150 valence electrons. The van der Waals surface area contributed by atoms with Gasteiger partial charge in [0.15, 0.2) is 5.11 Å². The first-order valence-electron chi connectivity index (χ1n) is 9.12. The molecule has 4 aromatic rings. The highest BCUT2D eigenvalue weighted by Crippen LogP contribution is 2.23. The van der Waals surface area contributed by atoms with Gasteiger partial charge in [-0.15, -0.1) is 0 Å². The molecular formula is C22H17ClN4O2S. The molecule has 0 atom stereocenters. The van der Waals surface area contributed by atoms with E-state index < -0.39 is 0 Å². The number of hydrogen-bond acceptors (Lipinski definition) is 5. The van der Waals surface area contributed by atoms with Crippen molar-refractivity contribution in [1.82, 2.24) is 15.3 Å². The average molecular weight is 437 g/mol. The summed E-state index contributed by atoms with van der Waals surface area (Å²) < 4.78 is 11.6. The minimum Gasteiger partial charge on any atom is -0.459 e. The Kier molecular flexibility index (Phi) is 6.22. The van der Waals surface area contributed by atoms with Gasteiger partial charge in [-0.1, -0.05) is 60.1 Å². The summed E-state index contributed by atoms with van der Waals surface area (Å²) >= 11 is 11.4. The van der Waals surface area contributed by atoms with Gasteiger partial charge in [0.05, 0.1) is 6.54 Å². The molecule has 6 nitrogen and oxygen atoms in total. The van der Waals surface area contributed by atoms with Crippen LogP contribution < -0.4 is 15.4 Å². The van der Waals surface area contributed by atoms with E-state index in [-0.39, 0.29) is 11.1 Å². The lowest BCUT2D eigenvalue weighted by molar-refractivity contribution is 0.462. The Morgan fingerprint density at radius 2 is 1.70 bits per heavy atom. The number of anilines is 1. The van der Waals surface area contributed by atoms with Gasteiger partial charge < -0.3 is 19.8 Å². The van der Waals surface area contributed by atoms with Crippen molar-refractivity contribution in [3.63, 3.8) is 0 Å². The van der Waals surface area contributed by atoms with E-state index in [0.29, 0.717) is 23.3 Å². The number of nitrogens with zero attached hydrogens (tertiary/aromatic N) is 2. The van der Waals surface area contributed by atoms with Crippen molar-refractivity contribution in [2.24, 2.45) is 0 Å². The summed E-state index contributed by atoms with van der Waals surface area (Å²) in [4.78, 5) is 8.41. The predicted octanol–water partition coefficient (Wildman–Crippen LogP) is 5.67. The molecule has 2 aromatic carbocycles. The van der Waals surface area contributed by atoms with Crippen molar-refractivity contribution >= 4 is 34.9 Å². The van der Waals surface area contributed by atoms with E-state index in [1.165, 1.54) is 6.07 Å². The zero-order valence-electron chi connectivity index (χ0n) is 15.7. The molecule has 0 aliphatic carbocycles. The van der Waals surface area contributed by atoms with E-state index >= 15 is 0 Å². The maximum Gasteiger partial charge on any atom is 0.233 e. The van der Waals surface area contributed by atoms with Crippen LogP contribution in [0.3, 0.4) is 0 Å². The molecule has 0 radical (unpaired) electrons. The standard InChI is InChI=1S/C22H17ClN4O2S/c23-19-13-20(29-16-9-5-2-6-10-16)26-21(25-19)27-22(30)24-14-17-11-12-18(28-17)15-7-3-1-4-8-15/h1-13H,14H2,(H2,24,25,26,27,30). The van der Waals surface area contributed by atoms with Gasteiger partial charge in [0, 0.05) is 11.6 Å². The lowest BCUT2D eigenvalue weighted by Crippen LogP contribution is -2.28. The molecule has 0 aliphatic heterocycles. The summed E-state index contributed by atoms with van der Waals surface area (Å²) in [6, 6.07) is 24.5. The van der Waals surface area contributed by atoms with Crippen molar-refractivity contribution in [1.29, 1.82) is 0 Å². The monoisotopic (exact) mass is 436 g/mol. The molecule has 0 fully saturated rings. The fourth-order valence-corrected chi connectivity index (χ4v) is 2.99. The second-order valence-electron chi connectivity index (χ2n) is 6.21. The Morgan fingerprint density at radius 1 is 0.967 bits per heavy atom. The van der Waals surface area contributed by atoms with Crippen molar-refractivity contribution in [3.05, 3.63) is 89.8 Å². The highest BCUT2D eigenvalue weighted by Gasteiger charge is 2.09. The van der Waals surface area contributed by atoms with Crippen LogP contribution in [0, 0.1) is 0 Å². The fraction of sp³-hybridized carbons (Fsp3) is 0.0455. The van der Waals surface area contributed by atoms with E-state index in [9.17, 15) is 0 Å². The molecule has 2 heterocycles. The minimum absolute atomic E-state index is 0.232. The van der Waals surface area contributed by atoms with Gasteiger partial charge >= 0.3 is 0 Å². The van der Waals surface area contributed by atoms with Crippen LogP contribution in [0.15, 0.2) is 83.3 Å². The number of nitrogens with one attached hydrogen (secondary N) is 2. The van der Waals surface area contributed by atoms with Gasteiger partial charge in [0.2, 0.25) is 11.8 Å². The van der Waals surface area contributed by atoms with Crippen molar-refractivity contribution in [2.45, 2.75) is 6.54 Å². The van der Waals surface area contributed by atoms with Gasteiger partial charge in [-0.3, -0.25) is 0 Å². The summed E-state index contributed by atoms with van der Waals surface area (Å²) in [5.74, 6) is 2.73. The van der Waals surface area contributed by atoms with Crippen molar-refractivity contribution in [2.75, 3.05) is 5.32 Å². The molecule has 2 aromatic heterocycles. The normalized spacial score (nSPS) is 10.4. The molecule has 4 rings (SSSR count). The Balaban J connectivity index is 1.36. The van der Waals surface area contributed by atoms with E-state index in [4.69, 9.17) is 33.0 Å². The minimum atomic E-state index is 0.232. The molecule has 0 aliphatic rings. The van der Waals surface area contributed by atoms with E-state index in [2.05, 4.69) is 20.6 Å². The second-order valence-corrected chi connectivity index (χ2v) is 7.00. The number of ether oxygens (including phenoxy) is 1. The highest BCUT2D eigenvalue weighted by atomic mass is 35.5. The fourth-order valence-electron chi connectivity index (χ4n) is 2.66. The van der Waals surface area contributed by atoms with Crippen LogP contribution in [-0.2, 0) is 6.54 Å². The molecule has 0 saturated carbocycles. The third-order valence-electron chi connectivity index (χ3n) is 4.01. The van der Waals surface area contributed by atoms with Crippen molar-refractivity contribution < 1.29 is 9.15 Å². The van der Waals surface area contributed by atoms with Crippen LogP contribution in [0.25, 0.3) is 11.3 Å². The summed E-state index contributed by atoms with van der Waals surface area (Å²) in [5.41, 5.74) is 1.02. The van der Waals surface area contributed by atoms with Crippen LogP contribution in [0.1, 0.15) is 5.76 Å². The number of para-hydroxylation sites is 1. The predicted molar refractivity (Wildman–Crippen MR) is 121 cm³/mol. The van der Waals surface area contributed by atoms with Crippen molar-refractivity contribution in [3.8, 4) is 23.0 Å². The molecule has 30 heavy (non-hydrogen) atoms. The number of aromatic nitrogens is 2. The van der Waals surface area contributed by atoms with E-state index in [0.717, 1.165) is 17.1 Å². The molecule has 2 N–H and O–H groups in total. The van der Waals surface area contributed by atoms with E-state index in [1.807, 2.05) is 72.8 Å². The first-order chi connectivity index (χ1) is 14.7. The molecule has 0 bridgehead atoms. The molecule has 0 spiro atoms. The van der Waals surface area contributed by atoms with Crippen LogP contribution in [-0.4, -0.2) is 15.1 Å². The quantitative estimate of drug-likeness (QED) is 0.298. The molecule has 0 unspecified atom stereocenters. The molecule has 0 saturated heterocycles. The maximum atomic E-state index is 6.08. The zero-order chi connectivity index (χ0) is 20.8. The van der Waals surface area contributed by atoms with Gasteiger partial charge in [0.25, 0.3) is 0 Å². The Morgan fingerprint density at radius 3 is 2.47 bits per heavy atom. The number of rotatable bonds is 6. The zero-order valence-corrected chi connectivity index (χ0v) is 17.3. The number of halogens is 1. The van der Waals surface area contributed by atoms with Crippen LogP contribution in [0.4, 0.5) is 5.95 Å². The van der Waals surface area contributed by atoms with Gasteiger partial charge in [-0.25, -0.2) is 4.98 Å². The van der Waals surface area contributed by atoms with Crippen LogP contribution >= 0.6 is 23.8 Å². The number of thiocarbonyl (C=S) groups is 1. The van der Waals surface area contributed by atoms with Crippen LogP contribution in [0.5, 0.6) is 11.6 Å². The van der Waals surface area contributed by atoms with Gasteiger partial charge in [-0.05, 0) is 36.5 Å². The summed E-state index contributed by atoms with van der Waals surface area (Å²) in [6.07, 6.45) is 0. The Hall–Kier alpha value is -3.42. The highest BCUT2D eigenvalue weighted by molar-refractivity contribution is 7.80. The lowest BCUT2D eigenvalue weighted by Gasteiger charge is -2.10. The summed E-state index contributed by atoms with van der Waals surface area (Å²) in [6.45, 7) is 0.409. The SMILES string of the molecule is S=C(NCc1ccc(-c2ccccc2)o1)Nc1nc(Cl)cc(Oc2ccccc2)n1. The molecule has 8 heteroatoms. The Labute approximate surface area is 183 Å². The van der Waals surface area contributed by atoms with Crippen LogP contribution in [0.2, 0.25) is 5.15 Å². The average Bonchev–Trinajstić information content (AvgIpc) is 3.22. The first kappa shape index (κ1) is 19.9. The summed E-state index contributed by atoms with van der Waals surface area (Å²) in [5, 5.41) is 6.54. The topological polar surface area (TPSA) is 72.2 Å². The third-order valence-corrected chi connectivity index (χ3v) is 4.45. The Bertz CT molecular complexity index is 1140. The molecule has 0 amide bonds. The van der Waals surface area contributed by atoms with Gasteiger partial charge in [0.1, 0.15) is 22.4 Å². The number of hydrogen-bond donors (Lipinski definition) is 2. The molecular weight excluding hydrogens is 420 g/mol. The second kappa shape index (κ2) is 9.39. The smallest absolute Gasteiger partial charge is 0.233 e. The summed E-state index contributed by atoms with van der Waals surface area (Å²) in [7, 11) is 0. The van der Waals surface area contributed by atoms with E-state index in [1.54, 1.807) is 0 Å².